The predicted molar refractivity (Wildman–Crippen MR) is 114 cm³/mol. The molecule has 0 atom stereocenters. The molecule has 1 saturated heterocycles. The van der Waals surface area contributed by atoms with Crippen molar-refractivity contribution in [3.8, 4) is 22.8 Å². The van der Waals surface area contributed by atoms with Crippen molar-refractivity contribution in [3.05, 3.63) is 48.8 Å². The SMILES string of the molecule is CN1CCN(c2ccc(-c3cnc(N)c(-c4nc5ccccc5[nH]4)n3)cn2)CC1. The molecule has 1 aliphatic rings. The summed E-state index contributed by atoms with van der Waals surface area (Å²) < 4.78 is 0. The number of H-pyrrole nitrogens is 1. The zero-order valence-electron chi connectivity index (χ0n) is 16.2. The summed E-state index contributed by atoms with van der Waals surface area (Å²) in [4.78, 5) is 26.2. The van der Waals surface area contributed by atoms with Gasteiger partial charge < -0.3 is 20.5 Å². The lowest BCUT2D eigenvalue weighted by Gasteiger charge is -2.33. The third kappa shape index (κ3) is 3.38. The summed E-state index contributed by atoms with van der Waals surface area (Å²) in [7, 11) is 2.15. The summed E-state index contributed by atoms with van der Waals surface area (Å²) in [5.74, 6) is 1.94. The van der Waals surface area contributed by atoms with Gasteiger partial charge in [0.25, 0.3) is 0 Å². The van der Waals surface area contributed by atoms with Gasteiger partial charge in [0.15, 0.2) is 11.6 Å². The van der Waals surface area contributed by atoms with Crippen LogP contribution in [0.3, 0.4) is 0 Å². The summed E-state index contributed by atoms with van der Waals surface area (Å²) in [6.45, 7) is 4.07. The number of anilines is 2. The molecule has 1 aromatic carbocycles. The summed E-state index contributed by atoms with van der Waals surface area (Å²) in [5, 5.41) is 0. The molecule has 8 nitrogen and oxygen atoms in total. The van der Waals surface area contributed by atoms with Gasteiger partial charge >= 0.3 is 0 Å². The van der Waals surface area contributed by atoms with E-state index in [1.54, 1.807) is 6.20 Å². The average Bonchev–Trinajstić information content (AvgIpc) is 3.19. The Balaban J connectivity index is 1.45. The molecule has 8 heteroatoms. The van der Waals surface area contributed by atoms with Crippen molar-refractivity contribution in [3.63, 3.8) is 0 Å². The molecule has 0 saturated carbocycles. The predicted octanol–water partition coefficient (Wildman–Crippen LogP) is 2.42. The van der Waals surface area contributed by atoms with Crippen LogP contribution in [0.1, 0.15) is 0 Å². The Hall–Kier alpha value is -3.52. The Morgan fingerprint density at radius 2 is 1.76 bits per heavy atom. The second-order valence-electron chi connectivity index (χ2n) is 7.29. The summed E-state index contributed by atoms with van der Waals surface area (Å²) in [5.41, 5.74) is 10.1. The molecule has 0 radical (unpaired) electrons. The number of aromatic amines is 1. The molecular weight excluding hydrogens is 364 g/mol. The van der Waals surface area contributed by atoms with Gasteiger partial charge in [0.1, 0.15) is 11.5 Å². The second kappa shape index (κ2) is 7.14. The summed E-state index contributed by atoms with van der Waals surface area (Å²) in [6, 6.07) is 11.9. The number of aromatic nitrogens is 5. The second-order valence-corrected chi connectivity index (χ2v) is 7.29. The van der Waals surface area contributed by atoms with E-state index < -0.39 is 0 Å². The van der Waals surface area contributed by atoms with Gasteiger partial charge in [0.2, 0.25) is 0 Å². The fourth-order valence-corrected chi connectivity index (χ4v) is 3.54. The molecule has 0 amide bonds. The van der Waals surface area contributed by atoms with Crippen molar-refractivity contribution in [2.45, 2.75) is 0 Å². The van der Waals surface area contributed by atoms with Gasteiger partial charge in [-0.05, 0) is 31.3 Å². The molecule has 3 aromatic heterocycles. The fourth-order valence-electron chi connectivity index (χ4n) is 3.54. The van der Waals surface area contributed by atoms with Gasteiger partial charge in [-0.1, -0.05) is 12.1 Å². The molecule has 0 aliphatic carbocycles. The zero-order valence-corrected chi connectivity index (χ0v) is 16.2. The van der Waals surface area contributed by atoms with E-state index in [0.717, 1.165) is 48.6 Å². The first-order valence-corrected chi connectivity index (χ1v) is 9.65. The van der Waals surface area contributed by atoms with Crippen LogP contribution in [0.15, 0.2) is 48.8 Å². The number of likely N-dealkylation sites (N-methyl/N-ethyl adjacent to an activating group) is 1. The zero-order chi connectivity index (χ0) is 19.8. The minimum Gasteiger partial charge on any atom is -0.382 e. The molecule has 1 aliphatic heterocycles. The van der Waals surface area contributed by atoms with Crippen LogP contribution in [0.2, 0.25) is 0 Å². The van der Waals surface area contributed by atoms with Crippen LogP contribution < -0.4 is 10.6 Å². The van der Waals surface area contributed by atoms with Crippen LogP contribution in [0.4, 0.5) is 11.6 Å². The Bertz CT molecular complexity index is 1110. The van der Waals surface area contributed by atoms with Gasteiger partial charge in [-0.25, -0.2) is 19.9 Å². The van der Waals surface area contributed by atoms with E-state index >= 15 is 0 Å². The lowest BCUT2D eigenvalue weighted by Crippen LogP contribution is -2.44. The molecule has 5 rings (SSSR count). The van der Waals surface area contributed by atoms with E-state index in [1.807, 2.05) is 42.6 Å². The van der Waals surface area contributed by atoms with Crippen molar-refractivity contribution < 1.29 is 0 Å². The van der Waals surface area contributed by atoms with Gasteiger partial charge in [-0.2, -0.15) is 0 Å². The highest BCUT2D eigenvalue weighted by atomic mass is 15.3. The molecule has 4 aromatic rings. The molecule has 0 spiro atoms. The minimum absolute atomic E-state index is 0.342. The summed E-state index contributed by atoms with van der Waals surface area (Å²) >= 11 is 0. The van der Waals surface area contributed by atoms with Crippen molar-refractivity contribution in [2.75, 3.05) is 43.9 Å². The van der Waals surface area contributed by atoms with E-state index in [0.29, 0.717) is 23.0 Å². The fraction of sp³-hybridized carbons (Fsp3) is 0.238. The Kier molecular flexibility index (Phi) is 4.33. The lowest BCUT2D eigenvalue weighted by atomic mass is 10.2. The molecule has 146 valence electrons. The molecule has 3 N–H and O–H groups in total. The van der Waals surface area contributed by atoms with Crippen molar-refractivity contribution >= 4 is 22.7 Å². The molecule has 29 heavy (non-hydrogen) atoms. The number of nitrogens with one attached hydrogen (secondary N) is 1. The number of nitrogens with two attached hydrogens (primary N) is 1. The number of rotatable bonds is 3. The number of nitrogens with zero attached hydrogens (tertiary/aromatic N) is 6. The summed E-state index contributed by atoms with van der Waals surface area (Å²) in [6.07, 6.45) is 3.52. The van der Waals surface area contributed by atoms with E-state index in [4.69, 9.17) is 10.7 Å². The minimum atomic E-state index is 0.342. The molecular formula is C21H22N8. The molecule has 0 bridgehead atoms. The number of nitrogen functional groups attached to an aromatic ring is 1. The van der Waals surface area contributed by atoms with Crippen LogP contribution in [-0.2, 0) is 0 Å². The standard InChI is InChI=1S/C21H22N8/c1-28-8-10-29(11-9-28)18-7-6-14(12-23-18)17-13-24-20(22)19(25-17)21-26-15-4-2-3-5-16(15)27-21/h2-7,12-13H,8-11H2,1H3,(H2,22,24)(H,26,27). The normalized spacial score (nSPS) is 15.1. The van der Waals surface area contributed by atoms with Crippen LogP contribution in [0, 0.1) is 0 Å². The number of para-hydroxylation sites is 2. The third-order valence-electron chi connectivity index (χ3n) is 5.29. The van der Waals surface area contributed by atoms with Gasteiger partial charge in [0, 0.05) is 37.9 Å². The Morgan fingerprint density at radius 3 is 2.52 bits per heavy atom. The highest BCUT2D eigenvalue weighted by Crippen LogP contribution is 2.26. The van der Waals surface area contributed by atoms with Crippen LogP contribution in [-0.4, -0.2) is 63.0 Å². The number of hydrogen-bond acceptors (Lipinski definition) is 7. The number of imidazole rings is 1. The number of piperazine rings is 1. The highest BCUT2D eigenvalue weighted by Gasteiger charge is 2.16. The van der Waals surface area contributed by atoms with Crippen molar-refractivity contribution in [1.29, 1.82) is 0 Å². The lowest BCUT2D eigenvalue weighted by molar-refractivity contribution is 0.312. The maximum atomic E-state index is 6.09. The molecule has 4 heterocycles. The molecule has 1 fully saturated rings. The number of hydrogen-bond donors (Lipinski definition) is 2. The van der Waals surface area contributed by atoms with Crippen LogP contribution >= 0.6 is 0 Å². The van der Waals surface area contributed by atoms with E-state index in [1.165, 1.54) is 0 Å². The number of pyridine rings is 1. The van der Waals surface area contributed by atoms with Crippen LogP contribution in [0.25, 0.3) is 33.8 Å². The van der Waals surface area contributed by atoms with Crippen molar-refractivity contribution in [2.24, 2.45) is 0 Å². The van der Waals surface area contributed by atoms with Gasteiger partial charge in [-0.3, -0.25) is 0 Å². The first-order valence-electron chi connectivity index (χ1n) is 9.65. The van der Waals surface area contributed by atoms with E-state index in [9.17, 15) is 0 Å². The van der Waals surface area contributed by atoms with Crippen molar-refractivity contribution in [1.82, 2.24) is 29.8 Å². The van der Waals surface area contributed by atoms with E-state index in [2.05, 4.69) is 36.8 Å². The Morgan fingerprint density at radius 1 is 0.931 bits per heavy atom. The average molecular weight is 386 g/mol. The molecule has 0 unspecified atom stereocenters. The van der Waals surface area contributed by atoms with E-state index in [-0.39, 0.29) is 0 Å². The monoisotopic (exact) mass is 386 g/mol. The maximum absolute atomic E-state index is 6.09. The van der Waals surface area contributed by atoms with Gasteiger partial charge in [0.05, 0.1) is 22.9 Å². The smallest absolute Gasteiger partial charge is 0.161 e. The quantitative estimate of drug-likeness (QED) is 0.558. The highest BCUT2D eigenvalue weighted by molar-refractivity contribution is 5.81. The largest absolute Gasteiger partial charge is 0.382 e. The topological polar surface area (TPSA) is 99.8 Å². The number of benzene rings is 1. The first kappa shape index (κ1) is 17.6. The van der Waals surface area contributed by atoms with Crippen LogP contribution in [0.5, 0.6) is 0 Å². The Labute approximate surface area is 168 Å². The maximum Gasteiger partial charge on any atom is 0.161 e. The number of fused-ring (bicyclic) bond motifs is 1. The van der Waals surface area contributed by atoms with Gasteiger partial charge in [-0.15, -0.1) is 0 Å². The third-order valence-corrected chi connectivity index (χ3v) is 5.29. The first-order chi connectivity index (χ1) is 14.2.